The molecule has 0 radical (unpaired) electrons. The summed E-state index contributed by atoms with van der Waals surface area (Å²) in [6.07, 6.45) is 29.0. The van der Waals surface area contributed by atoms with Crippen molar-refractivity contribution in [2.24, 2.45) is 29.1 Å². The number of rotatable bonds is 22. The molecule has 3 aliphatic heterocycles. The van der Waals surface area contributed by atoms with E-state index in [0.717, 1.165) is 110 Å². The number of aromatic amines is 4. The Hall–Kier alpha value is -9.14. The third-order valence-electron chi connectivity index (χ3n) is 25.3. The van der Waals surface area contributed by atoms with E-state index < -0.39 is 14.2 Å². The molecular formula is C94H106B4N16O8S4. The molecule has 5 aliphatic carbocycles. The zero-order chi connectivity index (χ0) is 86.4. The molecule has 24 nitrogen and oxygen atoms in total. The van der Waals surface area contributed by atoms with Gasteiger partial charge in [-0.15, -0.1) is 0 Å². The summed E-state index contributed by atoms with van der Waals surface area (Å²) in [5.74, 6) is 5.94. The number of hydrogen-bond acceptors (Lipinski definition) is 24. The van der Waals surface area contributed by atoms with Crippen molar-refractivity contribution in [1.82, 2.24) is 79.7 Å². The number of thioether (sulfide) groups is 4. The normalized spacial score (nSPS) is 21.8. The maximum absolute atomic E-state index is 6.71. The second kappa shape index (κ2) is 39.0. The van der Waals surface area contributed by atoms with Crippen LogP contribution in [0.5, 0.6) is 0 Å². The Labute approximate surface area is 754 Å². The van der Waals surface area contributed by atoms with Crippen LogP contribution in [0.1, 0.15) is 185 Å². The average Bonchev–Trinajstić information content (AvgIpc) is 1.57. The molecule has 11 heterocycles. The van der Waals surface area contributed by atoms with Gasteiger partial charge in [0.05, 0.1) is 61.4 Å². The third kappa shape index (κ3) is 20.4. The van der Waals surface area contributed by atoms with E-state index in [2.05, 4.69) is 222 Å². The fraction of sp³-hybridized carbons (Fsp3) is 0.404. The van der Waals surface area contributed by atoms with Crippen molar-refractivity contribution >= 4 is 142 Å². The van der Waals surface area contributed by atoms with Gasteiger partial charge in [-0.2, -0.15) is 0 Å². The van der Waals surface area contributed by atoms with E-state index >= 15 is 0 Å². The van der Waals surface area contributed by atoms with Crippen LogP contribution >= 0.6 is 47.0 Å². The summed E-state index contributed by atoms with van der Waals surface area (Å²) in [4.78, 5) is 63.5. The Morgan fingerprint density at radius 3 is 1.08 bits per heavy atom. The first-order valence-electron chi connectivity index (χ1n) is 44.1. The highest BCUT2D eigenvalue weighted by molar-refractivity contribution is 7.99. The molecule has 2 bridgehead atoms. The van der Waals surface area contributed by atoms with Gasteiger partial charge in [0.15, 0.2) is 22.6 Å². The zero-order valence-electron chi connectivity index (χ0n) is 72.7. The number of aromatic nitrogens is 16. The predicted molar refractivity (Wildman–Crippen MR) is 502 cm³/mol. The first-order valence-corrected chi connectivity index (χ1v) is 48.0. The lowest BCUT2D eigenvalue weighted by atomic mass is 9.43. The Kier molecular flexibility index (Phi) is 27.1. The van der Waals surface area contributed by atoms with E-state index in [1.807, 2.05) is 77.9 Å². The van der Waals surface area contributed by atoms with Crippen molar-refractivity contribution in [2.45, 2.75) is 230 Å². The molecular weight excluding hydrogens is 1650 g/mol. The van der Waals surface area contributed by atoms with Crippen LogP contribution in [0.25, 0.3) is 44.7 Å². The van der Waals surface area contributed by atoms with Gasteiger partial charge in [-0.1, -0.05) is 257 Å². The Morgan fingerprint density at radius 1 is 0.389 bits per heavy atom. The molecule has 646 valence electrons. The number of hydrogen-bond donors (Lipinski definition) is 4. The fourth-order valence-corrected chi connectivity index (χ4v) is 22.3. The lowest BCUT2D eigenvalue weighted by molar-refractivity contribution is -0.199. The summed E-state index contributed by atoms with van der Waals surface area (Å²) in [7, 11) is -1.33. The topological polar surface area (TPSA) is 292 Å². The van der Waals surface area contributed by atoms with Crippen LogP contribution in [0.3, 0.4) is 0 Å². The van der Waals surface area contributed by atoms with Crippen LogP contribution in [0.4, 0.5) is 0 Å². The molecule has 8 aliphatic rings. The monoisotopic (exact) mass is 1760 g/mol. The van der Waals surface area contributed by atoms with Crippen LogP contribution in [-0.2, 0) is 60.2 Å². The number of nitrogens with one attached hydrogen (secondary N) is 4. The molecule has 0 spiro atoms. The zero-order valence-corrected chi connectivity index (χ0v) is 76.0. The maximum Gasteiger partial charge on any atom is 0.494 e. The molecule has 4 N–H and O–H groups in total. The lowest BCUT2D eigenvalue weighted by Gasteiger charge is -2.64. The van der Waals surface area contributed by atoms with E-state index in [9.17, 15) is 0 Å². The highest BCUT2D eigenvalue weighted by Gasteiger charge is 2.68. The molecule has 3 saturated heterocycles. The van der Waals surface area contributed by atoms with Gasteiger partial charge < -0.3 is 57.2 Å². The molecule has 6 aromatic carbocycles. The molecule has 8 unspecified atom stereocenters. The Bertz CT molecular complexity index is 5830. The quantitative estimate of drug-likeness (QED) is 0.0278. The number of nitrogens with zero attached hydrogens (tertiary/aromatic N) is 12. The van der Waals surface area contributed by atoms with Crippen LogP contribution < -0.4 is 21.9 Å². The van der Waals surface area contributed by atoms with E-state index in [1.54, 1.807) is 97.7 Å². The summed E-state index contributed by atoms with van der Waals surface area (Å²) in [5, 5.41) is 3.64. The SMILES string of the molecule is CC(C)(C)OB(OC(C)(C)C)c1ccc(CSc2ncnc3nc[nH]c23)cc1.CC1(C)C2CC3OB(c4ccc(CSc5ncnc6nc[nH]c56)cc4)OC3(C)C1C2.c1ccc(C2OB(c3ccc(CSc4ncnc5nc[nH]c45)cc3)OC2c2ccccc2)cc1.c1nc(SCc2ccc(B3OC(C4CCCCC4)C(C4CCCCC4)O3)cc2)c2[nH]cnc2n1. The van der Waals surface area contributed by atoms with Gasteiger partial charge in [-0.05, 0) is 171 Å². The van der Waals surface area contributed by atoms with E-state index in [1.165, 1.54) is 92.9 Å². The summed E-state index contributed by atoms with van der Waals surface area (Å²) in [6, 6.07) is 54.7. The maximum atomic E-state index is 6.71. The highest BCUT2D eigenvalue weighted by Crippen LogP contribution is 2.66. The van der Waals surface area contributed by atoms with Gasteiger partial charge >= 0.3 is 28.5 Å². The molecule has 0 amide bonds. The lowest BCUT2D eigenvalue weighted by Crippen LogP contribution is -2.65. The van der Waals surface area contributed by atoms with Gasteiger partial charge in [0.2, 0.25) is 0 Å². The minimum Gasteiger partial charge on any atom is -0.403 e. The second-order valence-electron chi connectivity index (χ2n) is 36.4. The predicted octanol–water partition coefficient (Wildman–Crippen LogP) is 17.7. The van der Waals surface area contributed by atoms with Crippen molar-refractivity contribution in [2.75, 3.05) is 0 Å². The van der Waals surface area contributed by atoms with Crippen molar-refractivity contribution in [3.8, 4) is 0 Å². The fourth-order valence-electron chi connectivity index (χ4n) is 18.6. The summed E-state index contributed by atoms with van der Waals surface area (Å²) in [6.45, 7) is 19.3. The van der Waals surface area contributed by atoms with Crippen LogP contribution in [-0.4, -0.2) is 143 Å². The highest BCUT2D eigenvalue weighted by atomic mass is 32.2. The van der Waals surface area contributed by atoms with E-state index in [4.69, 9.17) is 37.2 Å². The Morgan fingerprint density at radius 2 is 0.730 bits per heavy atom. The molecule has 126 heavy (non-hydrogen) atoms. The smallest absolute Gasteiger partial charge is 0.403 e. The second-order valence-corrected chi connectivity index (χ2v) is 40.3. The van der Waals surface area contributed by atoms with Gasteiger partial charge in [0, 0.05) is 34.2 Å². The summed E-state index contributed by atoms with van der Waals surface area (Å²) in [5.41, 5.74) is 17.3. The minimum absolute atomic E-state index is 0.167. The summed E-state index contributed by atoms with van der Waals surface area (Å²) >= 11 is 6.69. The minimum atomic E-state index is -0.427. The van der Waals surface area contributed by atoms with Crippen LogP contribution in [0.2, 0.25) is 0 Å². The van der Waals surface area contributed by atoms with Crippen molar-refractivity contribution in [3.63, 3.8) is 0 Å². The van der Waals surface area contributed by atoms with E-state index in [-0.39, 0.29) is 61.6 Å². The van der Waals surface area contributed by atoms with Crippen molar-refractivity contribution in [1.29, 1.82) is 0 Å². The van der Waals surface area contributed by atoms with Gasteiger partial charge in [-0.3, -0.25) is 0 Å². The molecule has 8 atom stereocenters. The van der Waals surface area contributed by atoms with Gasteiger partial charge in [0.25, 0.3) is 0 Å². The number of imidazole rings is 4. The van der Waals surface area contributed by atoms with E-state index in [0.29, 0.717) is 45.8 Å². The molecule has 8 fully saturated rings. The molecule has 32 heteroatoms. The van der Waals surface area contributed by atoms with Crippen LogP contribution in [0, 0.1) is 29.1 Å². The standard InChI is InChI=1S/C26H33BN4O2S.C26H21BN4O2S.C22H25BN4O2S.C20H27BN4O2S/c2*1-3-7-19(8-4-1)23-24(20-9-5-2-6-10-20)33-27(32-23)21-13-11-18(12-14-21)15-34-26-22-25(29-16-28-22)30-17-31-26;1-21(2)14-8-16(21)22(3)17(9-14)28-23(29-22)15-6-4-13(5-7-15)10-30-20-18-19(25-11-24-18)26-12-27-20;1-19(2,3)26-21(27-20(4,5)6)15-9-7-14(8-10-15)11-28-18-16-17(23-12-22-16)24-13-25-18/h11-14,16-17,19-20,23-24H,1-10,15H2,(H,28,29,30,31);1-14,16-17,23-24H,15H2,(H,28,29,30,31);4-7,11-12,14,16-17H,8-10H2,1-3H3,(H,24,25,26,27);7-10,12-13H,11H2,1-6H3,(H,22,23,24,25). The van der Waals surface area contributed by atoms with Crippen molar-refractivity contribution in [3.05, 3.63) is 242 Å². The summed E-state index contributed by atoms with van der Waals surface area (Å²) < 4.78 is 51.6. The van der Waals surface area contributed by atoms with Gasteiger partial charge in [-0.25, -0.2) is 59.8 Å². The van der Waals surface area contributed by atoms with Crippen LogP contribution in [0.15, 0.2) is 228 Å². The first-order chi connectivity index (χ1) is 61.3. The average molecular weight is 1760 g/mol. The first kappa shape index (κ1) is 87.5. The number of benzene rings is 6. The third-order valence-corrected chi connectivity index (χ3v) is 29.6. The Balaban J connectivity index is 0.000000114. The van der Waals surface area contributed by atoms with Gasteiger partial charge in [0.1, 0.15) is 67.5 Å². The van der Waals surface area contributed by atoms with Crippen molar-refractivity contribution < 1.29 is 37.2 Å². The number of H-pyrrole nitrogens is 4. The molecule has 8 aromatic heterocycles. The molecule has 14 aromatic rings. The largest absolute Gasteiger partial charge is 0.494 e. The number of fused-ring (bicyclic) bond motifs is 4. The molecule has 22 rings (SSSR count). The molecule has 5 saturated carbocycles.